The van der Waals surface area contributed by atoms with Crippen LogP contribution in [0.3, 0.4) is 0 Å². The number of hydrogen-bond acceptors (Lipinski definition) is 4. The monoisotopic (exact) mass is 304 g/mol. The Morgan fingerprint density at radius 2 is 2.05 bits per heavy atom. The SMILES string of the molecule is N#C[C@@H]1CCCC[C@H]1Nc1nc(Cl)ncc1C(F)(F)F. The summed E-state index contributed by atoms with van der Waals surface area (Å²) in [7, 11) is 0. The minimum Gasteiger partial charge on any atom is -0.365 e. The fourth-order valence-corrected chi connectivity index (χ4v) is 2.44. The summed E-state index contributed by atoms with van der Waals surface area (Å²) in [6.45, 7) is 0. The second-order valence-electron chi connectivity index (χ2n) is 4.67. The van der Waals surface area contributed by atoms with Gasteiger partial charge in [-0.25, -0.2) is 9.97 Å². The molecule has 1 aromatic heterocycles. The lowest BCUT2D eigenvalue weighted by Gasteiger charge is -2.28. The van der Waals surface area contributed by atoms with Gasteiger partial charge in [0.2, 0.25) is 5.28 Å². The quantitative estimate of drug-likeness (QED) is 0.847. The standard InChI is InChI=1S/C12H12ClF3N4/c13-11-18-6-8(12(14,15)16)10(20-11)19-9-4-2-1-3-7(9)5-17/h6-7,9H,1-4H2,(H,18,19,20)/t7-,9+/m0/s1. The summed E-state index contributed by atoms with van der Waals surface area (Å²) >= 11 is 5.56. The largest absolute Gasteiger partial charge is 0.421 e. The Hall–Kier alpha value is -1.55. The van der Waals surface area contributed by atoms with Gasteiger partial charge in [0.1, 0.15) is 11.4 Å². The van der Waals surface area contributed by atoms with Crippen molar-refractivity contribution in [3.05, 3.63) is 17.0 Å². The number of halogens is 4. The van der Waals surface area contributed by atoms with Crippen LogP contribution in [0.4, 0.5) is 19.0 Å². The molecule has 1 aliphatic rings. The van der Waals surface area contributed by atoms with Crippen molar-refractivity contribution in [2.24, 2.45) is 5.92 Å². The topological polar surface area (TPSA) is 61.6 Å². The van der Waals surface area contributed by atoms with Crippen LogP contribution >= 0.6 is 11.6 Å². The normalized spacial score (nSPS) is 23.1. The minimum atomic E-state index is -4.57. The maximum atomic E-state index is 12.9. The Balaban J connectivity index is 2.28. The van der Waals surface area contributed by atoms with E-state index in [0.717, 1.165) is 12.8 Å². The van der Waals surface area contributed by atoms with E-state index in [0.29, 0.717) is 19.0 Å². The summed E-state index contributed by atoms with van der Waals surface area (Å²) < 4.78 is 38.7. The predicted octanol–water partition coefficient (Wildman–Crippen LogP) is 3.64. The number of nitrogens with one attached hydrogen (secondary N) is 1. The number of alkyl halides is 3. The number of nitriles is 1. The molecule has 1 aliphatic carbocycles. The Kier molecular flexibility index (Phi) is 4.33. The average molecular weight is 305 g/mol. The van der Waals surface area contributed by atoms with Gasteiger partial charge in [0, 0.05) is 12.2 Å². The van der Waals surface area contributed by atoms with Gasteiger partial charge in [0.25, 0.3) is 0 Å². The molecule has 1 saturated carbocycles. The van der Waals surface area contributed by atoms with Gasteiger partial charge >= 0.3 is 6.18 Å². The van der Waals surface area contributed by atoms with Gasteiger partial charge in [-0.3, -0.25) is 0 Å². The smallest absolute Gasteiger partial charge is 0.365 e. The van der Waals surface area contributed by atoms with Crippen molar-refractivity contribution in [2.75, 3.05) is 5.32 Å². The van der Waals surface area contributed by atoms with Crippen LogP contribution < -0.4 is 5.32 Å². The van der Waals surface area contributed by atoms with Crippen molar-refractivity contribution in [3.63, 3.8) is 0 Å². The van der Waals surface area contributed by atoms with Crippen molar-refractivity contribution < 1.29 is 13.2 Å². The third-order valence-corrected chi connectivity index (χ3v) is 3.50. The summed E-state index contributed by atoms with van der Waals surface area (Å²) in [5, 5.41) is 11.5. The molecule has 0 unspecified atom stereocenters. The Labute approximate surface area is 119 Å². The van der Waals surface area contributed by atoms with E-state index < -0.39 is 11.7 Å². The lowest BCUT2D eigenvalue weighted by Crippen LogP contribution is -2.32. The van der Waals surface area contributed by atoms with Crippen LogP contribution in [0.1, 0.15) is 31.2 Å². The molecule has 108 valence electrons. The molecular formula is C12H12ClF3N4. The molecule has 0 aromatic carbocycles. The van der Waals surface area contributed by atoms with E-state index >= 15 is 0 Å². The first kappa shape index (κ1) is 14.9. The number of rotatable bonds is 2. The van der Waals surface area contributed by atoms with E-state index in [1.807, 2.05) is 0 Å². The lowest BCUT2D eigenvalue weighted by atomic mass is 9.85. The maximum Gasteiger partial charge on any atom is 0.421 e. The molecule has 2 rings (SSSR count). The van der Waals surface area contributed by atoms with Gasteiger partial charge in [0.05, 0.1) is 12.0 Å². The van der Waals surface area contributed by atoms with E-state index in [9.17, 15) is 13.2 Å². The Morgan fingerprint density at radius 1 is 1.35 bits per heavy atom. The van der Waals surface area contributed by atoms with E-state index in [-0.39, 0.29) is 23.1 Å². The zero-order chi connectivity index (χ0) is 14.8. The fourth-order valence-electron chi connectivity index (χ4n) is 2.31. The highest BCUT2D eigenvalue weighted by molar-refractivity contribution is 6.28. The number of nitrogens with zero attached hydrogens (tertiary/aromatic N) is 3. The third kappa shape index (κ3) is 3.31. The van der Waals surface area contributed by atoms with Crippen molar-refractivity contribution in [3.8, 4) is 6.07 Å². The van der Waals surface area contributed by atoms with Crippen molar-refractivity contribution in [1.29, 1.82) is 5.26 Å². The van der Waals surface area contributed by atoms with Crippen LogP contribution in [0.15, 0.2) is 6.20 Å². The zero-order valence-electron chi connectivity index (χ0n) is 10.4. The van der Waals surface area contributed by atoms with Gasteiger partial charge in [-0.1, -0.05) is 12.8 Å². The summed E-state index contributed by atoms with van der Waals surface area (Å²) in [4.78, 5) is 6.98. The van der Waals surface area contributed by atoms with E-state index in [4.69, 9.17) is 16.9 Å². The first-order valence-electron chi connectivity index (χ1n) is 6.17. The molecule has 0 saturated heterocycles. The second-order valence-corrected chi connectivity index (χ2v) is 5.01. The van der Waals surface area contributed by atoms with Crippen LogP contribution in [-0.2, 0) is 6.18 Å². The van der Waals surface area contributed by atoms with Gasteiger partial charge in [-0.05, 0) is 24.4 Å². The number of anilines is 1. The molecule has 1 fully saturated rings. The van der Waals surface area contributed by atoms with Crippen LogP contribution in [0, 0.1) is 17.2 Å². The number of hydrogen-bond donors (Lipinski definition) is 1. The second kappa shape index (κ2) is 5.83. The first-order valence-corrected chi connectivity index (χ1v) is 6.55. The van der Waals surface area contributed by atoms with E-state index in [1.54, 1.807) is 0 Å². The molecule has 1 N–H and O–H groups in total. The lowest BCUT2D eigenvalue weighted by molar-refractivity contribution is -0.137. The molecule has 2 atom stereocenters. The molecule has 4 nitrogen and oxygen atoms in total. The van der Waals surface area contributed by atoms with E-state index in [2.05, 4.69) is 21.4 Å². The molecular weight excluding hydrogens is 293 g/mol. The molecule has 8 heteroatoms. The van der Waals surface area contributed by atoms with Crippen molar-refractivity contribution in [2.45, 2.75) is 37.9 Å². The van der Waals surface area contributed by atoms with Gasteiger partial charge in [-0.2, -0.15) is 18.4 Å². The molecule has 1 heterocycles. The van der Waals surface area contributed by atoms with Gasteiger partial charge in [0.15, 0.2) is 0 Å². The van der Waals surface area contributed by atoms with Gasteiger partial charge < -0.3 is 5.32 Å². The highest BCUT2D eigenvalue weighted by Gasteiger charge is 2.36. The summed E-state index contributed by atoms with van der Waals surface area (Å²) in [5.74, 6) is -0.678. The molecule has 0 radical (unpaired) electrons. The highest BCUT2D eigenvalue weighted by Crippen LogP contribution is 2.35. The molecule has 0 bridgehead atoms. The molecule has 0 amide bonds. The zero-order valence-corrected chi connectivity index (χ0v) is 11.2. The molecule has 0 spiro atoms. The van der Waals surface area contributed by atoms with E-state index in [1.165, 1.54) is 0 Å². The van der Waals surface area contributed by atoms with Crippen LogP contribution in [-0.4, -0.2) is 16.0 Å². The average Bonchev–Trinajstić information content (AvgIpc) is 2.38. The first-order chi connectivity index (χ1) is 9.41. The van der Waals surface area contributed by atoms with Crippen molar-refractivity contribution in [1.82, 2.24) is 9.97 Å². The summed E-state index contributed by atoms with van der Waals surface area (Å²) in [6, 6.07) is 1.78. The predicted molar refractivity (Wildman–Crippen MR) is 67.0 cm³/mol. The van der Waals surface area contributed by atoms with Crippen LogP contribution in [0.5, 0.6) is 0 Å². The third-order valence-electron chi connectivity index (χ3n) is 3.32. The fraction of sp³-hybridized carbons (Fsp3) is 0.583. The minimum absolute atomic E-state index is 0.259. The van der Waals surface area contributed by atoms with Crippen LogP contribution in [0.2, 0.25) is 5.28 Å². The Bertz CT molecular complexity index is 526. The van der Waals surface area contributed by atoms with Crippen LogP contribution in [0.25, 0.3) is 0 Å². The molecule has 1 aromatic rings. The molecule has 0 aliphatic heterocycles. The number of aromatic nitrogens is 2. The van der Waals surface area contributed by atoms with Crippen molar-refractivity contribution >= 4 is 17.4 Å². The summed E-state index contributed by atoms with van der Waals surface area (Å²) in [6.07, 6.45) is -0.819. The maximum absolute atomic E-state index is 12.9. The van der Waals surface area contributed by atoms with Gasteiger partial charge in [-0.15, -0.1) is 0 Å². The highest BCUT2D eigenvalue weighted by atomic mass is 35.5. The Morgan fingerprint density at radius 3 is 2.70 bits per heavy atom. The molecule has 20 heavy (non-hydrogen) atoms. The summed E-state index contributed by atoms with van der Waals surface area (Å²) in [5.41, 5.74) is -0.968.